The molecule has 0 aliphatic heterocycles. The van der Waals surface area contributed by atoms with E-state index in [2.05, 4.69) is 0 Å². The van der Waals surface area contributed by atoms with Gasteiger partial charge >= 0.3 is 12.4 Å². The predicted octanol–water partition coefficient (Wildman–Crippen LogP) is 3.43. The molecule has 0 aromatic heterocycles. The molecule has 1 aromatic rings. The Bertz CT molecular complexity index is 527. The van der Waals surface area contributed by atoms with Crippen molar-refractivity contribution in [2.75, 3.05) is 5.32 Å². The lowest BCUT2D eigenvalue weighted by Gasteiger charge is -2.22. The number of hydrogen-bond acceptors (Lipinski definition) is 2. The third kappa shape index (κ3) is 4.66. The first kappa shape index (κ1) is 16.8. The van der Waals surface area contributed by atoms with Crippen molar-refractivity contribution in [3.8, 4) is 6.07 Å². The van der Waals surface area contributed by atoms with Gasteiger partial charge in [0.2, 0.25) is 11.8 Å². The van der Waals surface area contributed by atoms with Crippen LogP contribution in [0.15, 0.2) is 24.3 Å². The van der Waals surface area contributed by atoms with Gasteiger partial charge in [0, 0.05) is 5.69 Å². The van der Waals surface area contributed by atoms with Crippen LogP contribution in [0.1, 0.15) is 5.56 Å². The third-order valence-corrected chi connectivity index (χ3v) is 2.42. The number of benzene rings is 1. The van der Waals surface area contributed by atoms with Crippen molar-refractivity contribution in [3.63, 3.8) is 0 Å². The van der Waals surface area contributed by atoms with Crippen LogP contribution in [-0.2, 0) is 11.2 Å². The lowest BCUT2D eigenvalue weighted by atomic mass is 10.1. The van der Waals surface area contributed by atoms with E-state index in [1.165, 1.54) is 12.1 Å². The zero-order chi connectivity index (χ0) is 16.3. The van der Waals surface area contributed by atoms with E-state index in [-0.39, 0.29) is 12.1 Å². The van der Waals surface area contributed by atoms with Crippen LogP contribution < -0.4 is 5.32 Å². The minimum absolute atomic E-state index is 0.0297. The number of amides is 1. The highest BCUT2D eigenvalue weighted by Crippen LogP contribution is 2.39. The molecule has 0 saturated heterocycles. The summed E-state index contributed by atoms with van der Waals surface area (Å²) >= 11 is 0. The predicted molar refractivity (Wildman–Crippen MR) is 60.0 cm³/mol. The Labute approximate surface area is 115 Å². The Balaban J connectivity index is 2.90. The van der Waals surface area contributed by atoms with Gasteiger partial charge in [-0.05, 0) is 17.7 Å². The zero-order valence-electron chi connectivity index (χ0n) is 10.2. The highest BCUT2D eigenvalue weighted by molar-refractivity contribution is 5.93. The molecule has 1 N–H and O–H groups in total. The average Bonchev–Trinajstić information content (AvgIpc) is 2.28. The van der Waals surface area contributed by atoms with E-state index in [0.29, 0.717) is 5.56 Å². The van der Waals surface area contributed by atoms with Crippen LogP contribution in [0.4, 0.5) is 32.0 Å². The number of hydrogen-bond donors (Lipinski definition) is 1. The average molecular weight is 310 g/mol. The molecule has 3 nitrogen and oxygen atoms in total. The molecule has 1 rings (SSSR count). The molecular formula is C12H8F6N2O. The van der Waals surface area contributed by atoms with Crippen LogP contribution in [0, 0.1) is 17.2 Å². The summed E-state index contributed by atoms with van der Waals surface area (Å²) in [5.74, 6) is -6.30. The second-order valence-corrected chi connectivity index (χ2v) is 4.04. The summed E-state index contributed by atoms with van der Waals surface area (Å²) in [5, 5.41) is 9.98. The summed E-state index contributed by atoms with van der Waals surface area (Å²) in [5.41, 5.74) is 0.291. The molecule has 9 heteroatoms. The van der Waals surface area contributed by atoms with Gasteiger partial charge in [-0.3, -0.25) is 4.79 Å². The molecule has 0 radical (unpaired) electrons. The molecule has 1 aromatic carbocycles. The van der Waals surface area contributed by atoms with E-state index in [9.17, 15) is 31.1 Å². The monoisotopic (exact) mass is 310 g/mol. The molecule has 1 amide bonds. The van der Waals surface area contributed by atoms with Crippen LogP contribution in [0.2, 0.25) is 0 Å². The van der Waals surface area contributed by atoms with Gasteiger partial charge in [0.15, 0.2) is 0 Å². The van der Waals surface area contributed by atoms with Crippen LogP contribution in [-0.4, -0.2) is 18.3 Å². The summed E-state index contributed by atoms with van der Waals surface area (Å²) in [7, 11) is 0. The fourth-order valence-electron chi connectivity index (χ4n) is 1.49. The first-order chi connectivity index (χ1) is 9.55. The van der Waals surface area contributed by atoms with Gasteiger partial charge in [0.05, 0.1) is 12.5 Å². The minimum Gasteiger partial charge on any atom is -0.325 e. The maximum atomic E-state index is 12.3. The van der Waals surface area contributed by atoms with Crippen molar-refractivity contribution < 1.29 is 31.1 Å². The Morgan fingerprint density at radius 1 is 1.10 bits per heavy atom. The van der Waals surface area contributed by atoms with E-state index in [4.69, 9.17) is 5.26 Å². The topological polar surface area (TPSA) is 52.9 Å². The number of anilines is 1. The van der Waals surface area contributed by atoms with Crippen LogP contribution >= 0.6 is 0 Å². The van der Waals surface area contributed by atoms with Crippen molar-refractivity contribution >= 4 is 11.6 Å². The molecule has 0 bridgehead atoms. The fraction of sp³-hybridized carbons (Fsp3) is 0.333. The van der Waals surface area contributed by atoms with Gasteiger partial charge in [-0.2, -0.15) is 31.6 Å². The Morgan fingerprint density at radius 3 is 1.95 bits per heavy atom. The van der Waals surface area contributed by atoms with E-state index < -0.39 is 24.2 Å². The van der Waals surface area contributed by atoms with Crippen LogP contribution in [0.3, 0.4) is 0 Å². The maximum absolute atomic E-state index is 12.3. The number of nitrogens with one attached hydrogen (secondary N) is 1. The molecule has 0 atom stereocenters. The Hall–Kier alpha value is -2.24. The van der Waals surface area contributed by atoms with Gasteiger partial charge in [-0.25, -0.2) is 0 Å². The van der Waals surface area contributed by atoms with E-state index in [0.717, 1.165) is 12.1 Å². The Morgan fingerprint density at radius 2 is 1.57 bits per heavy atom. The number of carbonyl (C=O) groups excluding carboxylic acids is 1. The maximum Gasteiger partial charge on any atom is 0.409 e. The molecule has 0 spiro atoms. The van der Waals surface area contributed by atoms with Crippen molar-refractivity contribution in [2.45, 2.75) is 18.8 Å². The summed E-state index contributed by atoms with van der Waals surface area (Å²) in [4.78, 5) is 11.2. The van der Waals surface area contributed by atoms with E-state index in [1.807, 2.05) is 6.07 Å². The molecule has 0 saturated carbocycles. The lowest BCUT2D eigenvalue weighted by Crippen LogP contribution is -2.45. The van der Waals surface area contributed by atoms with Crippen molar-refractivity contribution in [1.82, 2.24) is 0 Å². The summed E-state index contributed by atoms with van der Waals surface area (Å²) in [6.07, 6.45) is -11.4. The molecule has 0 heterocycles. The summed E-state index contributed by atoms with van der Waals surface area (Å²) in [6.45, 7) is 0. The van der Waals surface area contributed by atoms with Gasteiger partial charge in [0.1, 0.15) is 0 Å². The van der Waals surface area contributed by atoms with Gasteiger partial charge in [-0.15, -0.1) is 0 Å². The van der Waals surface area contributed by atoms with E-state index >= 15 is 0 Å². The smallest absolute Gasteiger partial charge is 0.325 e. The molecule has 0 fully saturated rings. The van der Waals surface area contributed by atoms with Crippen molar-refractivity contribution in [1.29, 1.82) is 5.26 Å². The van der Waals surface area contributed by atoms with Crippen molar-refractivity contribution in [3.05, 3.63) is 29.8 Å². The molecule has 21 heavy (non-hydrogen) atoms. The number of halogens is 6. The van der Waals surface area contributed by atoms with Gasteiger partial charge < -0.3 is 5.32 Å². The number of nitrogens with zero attached hydrogens (tertiary/aromatic N) is 1. The number of rotatable bonds is 3. The second-order valence-electron chi connectivity index (χ2n) is 4.04. The summed E-state index contributed by atoms with van der Waals surface area (Å²) in [6, 6.07) is 6.69. The standard InChI is InChI=1S/C12H8F6N2O/c13-11(14,15)9(12(16,17)18)10(21)20-8-3-1-7(2-4-8)5-6-19/h1-4,9H,5H2,(H,20,21). The number of alkyl halides is 6. The SMILES string of the molecule is N#CCc1ccc(NC(=O)C(C(F)(F)F)C(F)(F)F)cc1. The molecule has 0 unspecified atom stereocenters. The quantitative estimate of drug-likeness (QED) is 0.870. The molecule has 114 valence electrons. The highest BCUT2D eigenvalue weighted by atomic mass is 19.4. The highest BCUT2D eigenvalue weighted by Gasteiger charge is 2.61. The molecular weight excluding hydrogens is 302 g/mol. The lowest BCUT2D eigenvalue weighted by molar-refractivity contribution is -0.272. The first-order valence-electron chi connectivity index (χ1n) is 5.46. The fourth-order valence-corrected chi connectivity index (χ4v) is 1.49. The van der Waals surface area contributed by atoms with Gasteiger partial charge in [-0.1, -0.05) is 12.1 Å². The zero-order valence-corrected chi connectivity index (χ0v) is 10.2. The van der Waals surface area contributed by atoms with Gasteiger partial charge in [0.25, 0.3) is 0 Å². The summed E-state index contributed by atoms with van der Waals surface area (Å²) < 4.78 is 73.9. The molecule has 0 aliphatic rings. The second kappa shape index (κ2) is 6.03. The number of carbonyl (C=O) groups is 1. The number of nitriles is 1. The third-order valence-electron chi connectivity index (χ3n) is 2.42. The van der Waals surface area contributed by atoms with Crippen LogP contribution in [0.25, 0.3) is 0 Å². The van der Waals surface area contributed by atoms with Crippen molar-refractivity contribution in [2.24, 2.45) is 5.92 Å². The van der Waals surface area contributed by atoms with E-state index in [1.54, 1.807) is 5.32 Å². The Kier molecular flexibility index (Phi) is 4.83. The van der Waals surface area contributed by atoms with Crippen LogP contribution in [0.5, 0.6) is 0 Å². The minimum atomic E-state index is -5.73. The largest absolute Gasteiger partial charge is 0.409 e. The normalized spacial score (nSPS) is 12.1. The molecule has 0 aliphatic carbocycles. The first-order valence-corrected chi connectivity index (χ1v) is 5.46.